The van der Waals surface area contributed by atoms with Crippen molar-refractivity contribution in [3.63, 3.8) is 0 Å². The number of methoxy groups -OCH3 is 1. The molecule has 0 aliphatic carbocycles. The molecule has 0 aliphatic rings. The summed E-state index contributed by atoms with van der Waals surface area (Å²) in [6, 6.07) is 11.8. The molecule has 0 fully saturated rings. The number of ether oxygens (including phenoxy) is 3. The van der Waals surface area contributed by atoms with Gasteiger partial charge in [-0.25, -0.2) is 12.8 Å². The van der Waals surface area contributed by atoms with Crippen molar-refractivity contribution in [1.82, 2.24) is 4.98 Å². The number of furan rings is 1. The lowest BCUT2D eigenvalue weighted by Crippen LogP contribution is -2.25. The van der Waals surface area contributed by atoms with Gasteiger partial charge in [-0.1, -0.05) is 12.1 Å². The van der Waals surface area contributed by atoms with Crippen molar-refractivity contribution in [2.45, 2.75) is 45.5 Å². The Labute approximate surface area is 238 Å². The SMILES string of the molecule is CCOC(=O)Cc1ccc(OC)cc1OCc1coc2ccc(-c3ccnc(C=NS(=O)(=O)C(C)(C)C)c3F)cc12. The zero-order valence-electron chi connectivity index (χ0n) is 23.4. The van der Waals surface area contributed by atoms with E-state index in [1.165, 1.54) is 40.1 Å². The van der Waals surface area contributed by atoms with Crippen molar-refractivity contribution < 1.29 is 36.2 Å². The van der Waals surface area contributed by atoms with Crippen LogP contribution in [0.15, 0.2) is 63.7 Å². The molecule has 0 radical (unpaired) electrons. The van der Waals surface area contributed by atoms with Gasteiger partial charge in [-0.2, -0.15) is 4.40 Å². The molecule has 0 unspecified atom stereocenters. The highest BCUT2D eigenvalue weighted by Gasteiger charge is 2.28. The van der Waals surface area contributed by atoms with E-state index < -0.39 is 20.6 Å². The molecule has 216 valence electrons. The molecule has 0 saturated heterocycles. The second kappa shape index (κ2) is 12.1. The molecule has 0 amide bonds. The van der Waals surface area contributed by atoms with Crippen molar-refractivity contribution in [3.05, 3.63) is 77.6 Å². The fraction of sp³-hybridized carbons (Fsp3) is 0.300. The molecule has 2 aromatic carbocycles. The number of benzene rings is 2. The van der Waals surface area contributed by atoms with Gasteiger partial charge in [0.15, 0.2) is 5.82 Å². The van der Waals surface area contributed by atoms with Crippen LogP contribution in [0.25, 0.3) is 22.1 Å². The van der Waals surface area contributed by atoms with E-state index in [1.54, 1.807) is 49.6 Å². The topological polar surface area (TPSA) is 117 Å². The van der Waals surface area contributed by atoms with Crippen molar-refractivity contribution >= 4 is 33.2 Å². The van der Waals surface area contributed by atoms with Gasteiger partial charge < -0.3 is 18.6 Å². The Hall–Kier alpha value is -4.25. The molecular formula is C30H31FN2O7S. The average molecular weight is 583 g/mol. The highest BCUT2D eigenvalue weighted by molar-refractivity contribution is 7.91. The van der Waals surface area contributed by atoms with Crippen molar-refractivity contribution in [2.24, 2.45) is 4.40 Å². The number of hydrogen-bond acceptors (Lipinski definition) is 8. The summed E-state index contributed by atoms with van der Waals surface area (Å²) < 4.78 is 64.8. The summed E-state index contributed by atoms with van der Waals surface area (Å²) in [6.45, 7) is 6.65. The first-order valence-electron chi connectivity index (χ1n) is 12.8. The number of halogens is 1. The number of nitrogens with zero attached hydrogens (tertiary/aromatic N) is 2. The fourth-order valence-electron chi connectivity index (χ4n) is 3.88. The lowest BCUT2D eigenvalue weighted by atomic mass is 10.0. The molecule has 0 bridgehead atoms. The van der Waals surface area contributed by atoms with Crippen molar-refractivity contribution in [3.8, 4) is 22.6 Å². The van der Waals surface area contributed by atoms with Crippen LogP contribution >= 0.6 is 0 Å². The van der Waals surface area contributed by atoms with Crippen LogP contribution in [0.5, 0.6) is 11.5 Å². The molecule has 4 rings (SSSR count). The first-order chi connectivity index (χ1) is 19.4. The predicted molar refractivity (Wildman–Crippen MR) is 153 cm³/mol. The molecular weight excluding hydrogens is 551 g/mol. The highest BCUT2D eigenvalue weighted by atomic mass is 32.2. The maximum Gasteiger partial charge on any atom is 0.310 e. The van der Waals surface area contributed by atoms with Gasteiger partial charge in [0, 0.05) is 34.3 Å². The first kappa shape index (κ1) is 29.7. The molecule has 0 N–H and O–H groups in total. The van der Waals surface area contributed by atoms with E-state index in [0.29, 0.717) is 39.2 Å². The maximum atomic E-state index is 15.5. The molecule has 9 nitrogen and oxygen atoms in total. The maximum absolute atomic E-state index is 15.5. The van der Waals surface area contributed by atoms with Crippen LogP contribution in [0.2, 0.25) is 0 Å². The van der Waals surface area contributed by atoms with Crippen LogP contribution < -0.4 is 9.47 Å². The van der Waals surface area contributed by atoms with Crippen LogP contribution in [-0.4, -0.2) is 44.0 Å². The average Bonchev–Trinajstić information content (AvgIpc) is 3.33. The number of hydrogen-bond donors (Lipinski definition) is 0. The standard InChI is InChI=1S/C30H31FN2O7S/c1-6-38-28(34)14-20-7-9-22(37-5)15-27(20)40-18-21-17-39-26-10-8-19(13-24(21)26)23-11-12-32-25(29(23)31)16-33-41(35,36)30(2,3)4/h7-13,15-17H,6,14,18H2,1-5H3. The summed E-state index contributed by atoms with van der Waals surface area (Å²) in [5.41, 5.74) is 2.45. The Morgan fingerprint density at radius 3 is 2.61 bits per heavy atom. The van der Waals surface area contributed by atoms with Crippen LogP contribution in [-0.2, 0) is 32.6 Å². The fourth-order valence-corrected chi connectivity index (χ4v) is 4.43. The third kappa shape index (κ3) is 6.74. The third-order valence-electron chi connectivity index (χ3n) is 6.27. The molecule has 0 spiro atoms. The van der Waals surface area contributed by atoms with E-state index in [9.17, 15) is 13.2 Å². The molecule has 0 atom stereocenters. The second-order valence-electron chi connectivity index (χ2n) is 10.1. The van der Waals surface area contributed by atoms with Crippen LogP contribution in [0.1, 0.15) is 44.5 Å². The number of carbonyl (C=O) groups is 1. The van der Waals surface area contributed by atoms with E-state index in [2.05, 4.69) is 9.38 Å². The van der Waals surface area contributed by atoms with Gasteiger partial charge in [0.1, 0.15) is 29.4 Å². The van der Waals surface area contributed by atoms with Crippen molar-refractivity contribution in [2.75, 3.05) is 13.7 Å². The smallest absolute Gasteiger partial charge is 0.310 e. The highest BCUT2D eigenvalue weighted by Crippen LogP contribution is 2.32. The van der Waals surface area contributed by atoms with E-state index >= 15 is 4.39 Å². The molecule has 0 saturated carbocycles. The minimum atomic E-state index is -3.86. The Morgan fingerprint density at radius 2 is 1.90 bits per heavy atom. The predicted octanol–water partition coefficient (Wildman–Crippen LogP) is 5.87. The van der Waals surface area contributed by atoms with Crippen LogP contribution in [0.3, 0.4) is 0 Å². The summed E-state index contributed by atoms with van der Waals surface area (Å²) in [5, 5.41) is 0.694. The Balaban J connectivity index is 1.63. The Morgan fingerprint density at radius 1 is 1.12 bits per heavy atom. The Bertz CT molecular complexity index is 1710. The van der Waals surface area contributed by atoms with E-state index in [0.717, 1.165) is 6.21 Å². The summed E-state index contributed by atoms with van der Waals surface area (Å²) in [6.07, 6.45) is 3.91. The van der Waals surface area contributed by atoms with E-state index in [-0.39, 0.29) is 36.9 Å². The number of carbonyl (C=O) groups excluding carboxylic acids is 1. The van der Waals surface area contributed by atoms with Crippen molar-refractivity contribution in [1.29, 1.82) is 0 Å². The zero-order chi connectivity index (χ0) is 29.8. The normalized spacial score (nSPS) is 12.1. The number of fused-ring (bicyclic) bond motifs is 1. The van der Waals surface area contributed by atoms with Gasteiger partial charge in [0.05, 0.1) is 37.4 Å². The van der Waals surface area contributed by atoms with Gasteiger partial charge in [0.25, 0.3) is 10.0 Å². The molecule has 11 heteroatoms. The molecule has 0 aliphatic heterocycles. The minimum absolute atomic E-state index is 0.0352. The molecule has 2 heterocycles. The molecule has 4 aromatic rings. The third-order valence-corrected chi connectivity index (χ3v) is 8.20. The number of aromatic nitrogens is 1. The summed E-state index contributed by atoms with van der Waals surface area (Å²) in [5.74, 6) is -0.0614. The lowest BCUT2D eigenvalue weighted by Gasteiger charge is -2.14. The number of esters is 1. The second-order valence-corrected chi connectivity index (χ2v) is 12.5. The summed E-state index contributed by atoms with van der Waals surface area (Å²) >= 11 is 0. The van der Waals surface area contributed by atoms with E-state index in [1.807, 2.05) is 0 Å². The van der Waals surface area contributed by atoms with Gasteiger partial charge in [-0.15, -0.1) is 0 Å². The lowest BCUT2D eigenvalue weighted by molar-refractivity contribution is -0.142. The minimum Gasteiger partial charge on any atom is -0.497 e. The van der Waals surface area contributed by atoms with Gasteiger partial charge >= 0.3 is 5.97 Å². The first-order valence-corrected chi connectivity index (χ1v) is 14.3. The van der Waals surface area contributed by atoms with Gasteiger partial charge in [-0.3, -0.25) is 9.78 Å². The number of sulfonamides is 1. The van der Waals surface area contributed by atoms with Gasteiger partial charge in [0.2, 0.25) is 0 Å². The van der Waals surface area contributed by atoms with Crippen LogP contribution in [0.4, 0.5) is 4.39 Å². The number of pyridine rings is 1. The molecule has 41 heavy (non-hydrogen) atoms. The monoisotopic (exact) mass is 582 g/mol. The van der Waals surface area contributed by atoms with Crippen LogP contribution in [0, 0.1) is 5.82 Å². The van der Waals surface area contributed by atoms with Gasteiger partial charge in [-0.05, 0) is 57.5 Å². The number of rotatable bonds is 10. The quantitative estimate of drug-likeness (QED) is 0.168. The zero-order valence-corrected chi connectivity index (χ0v) is 24.2. The summed E-state index contributed by atoms with van der Waals surface area (Å²) in [7, 11) is -2.32. The Kier molecular flexibility index (Phi) is 8.77. The molecule has 2 aromatic heterocycles. The van der Waals surface area contributed by atoms with E-state index in [4.69, 9.17) is 18.6 Å². The largest absolute Gasteiger partial charge is 0.497 e. The summed E-state index contributed by atoms with van der Waals surface area (Å²) in [4.78, 5) is 16.1.